The molecule has 0 aliphatic heterocycles. The normalized spacial score (nSPS) is 10.9. The number of nitrogens with zero attached hydrogens (tertiary/aromatic N) is 2. The van der Waals surface area contributed by atoms with Gasteiger partial charge in [0.1, 0.15) is 22.2 Å². The summed E-state index contributed by atoms with van der Waals surface area (Å²) in [6.45, 7) is 1.58. The molecule has 3 rings (SSSR count). The van der Waals surface area contributed by atoms with Crippen LogP contribution in [0.2, 0.25) is 0 Å². The lowest BCUT2D eigenvalue weighted by Crippen LogP contribution is -2.04. The van der Waals surface area contributed by atoms with E-state index >= 15 is 0 Å². The number of hydrogen-bond donors (Lipinski definition) is 2. The number of fused-ring (bicyclic) bond motifs is 1. The first-order valence-electron chi connectivity index (χ1n) is 6.24. The summed E-state index contributed by atoms with van der Waals surface area (Å²) >= 11 is 1.43. The molecule has 7 heteroatoms. The van der Waals surface area contributed by atoms with Crippen LogP contribution in [0.5, 0.6) is 0 Å². The maximum Gasteiger partial charge on any atom is 0.225 e. The number of benzene rings is 1. The summed E-state index contributed by atoms with van der Waals surface area (Å²) in [5.41, 5.74) is 0.159. The van der Waals surface area contributed by atoms with Gasteiger partial charge in [0.2, 0.25) is 5.95 Å². The fourth-order valence-electron chi connectivity index (χ4n) is 1.95. The first-order valence-corrected chi connectivity index (χ1v) is 7.12. The summed E-state index contributed by atoms with van der Waals surface area (Å²) in [5, 5.41) is 8.16. The van der Waals surface area contributed by atoms with Gasteiger partial charge in [0.25, 0.3) is 0 Å². The minimum atomic E-state index is -0.661. The largest absolute Gasteiger partial charge is 0.357 e. The van der Waals surface area contributed by atoms with E-state index in [1.165, 1.54) is 23.5 Å². The molecular formula is C14H12F2N4S. The Hall–Kier alpha value is -2.28. The molecule has 0 amide bonds. The molecule has 0 aliphatic rings. The minimum absolute atomic E-state index is 0.205. The predicted molar refractivity (Wildman–Crippen MR) is 81.3 cm³/mol. The van der Waals surface area contributed by atoms with Crippen LogP contribution in [0.4, 0.5) is 26.2 Å². The fraction of sp³-hybridized carbons (Fsp3) is 0.143. The van der Waals surface area contributed by atoms with Crippen LogP contribution in [0.15, 0.2) is 23.6 Å². The highest BCUT2D eigenvalue weighted by Crippen LogP contribution is 2.31. The summed E-state index contributed by atoms with van der Waals surface area (Å²) in [6, 6.07) is 4.44. The van der Waals surface area contributed by atoms with Crippen molar-refractivity contribution in [1.29, 1.82) is 0 Å². The topological polar surface area (TPSA) is 49.8 Å². The van der Waals surface area contributed by atoms with Crippen molar-refractivity contribution in [2.24, 2.45) is 0 Å². The van der Waals surface area contributed by atoms with E-state index in [1.54, 1.807) is 14.0 Å². The Kier molecular flexibility index (Phi) is 3.42. The monoisotopic (exact) mass is 306 g/mol. The van der Waals surface area contributed by atoms with Gasteiger partial charge >= 0.3 is 0 Å². The molecule has 0 saturated carbocycles. The molecule has 0 unspecified atom stereocenters. The number of thiophene rings is 1. The lowest BCUT2D eigenvalue weighted by molar-refractivity contribution is 0.585. The van der Waals surface area contributed by atoms with Gasteiger partial charge in [-0.1, -0.05) is 6.07 Å². The highest BCUT2D eigenvalue weighted by atomic mass is 32.1. The van der Waals surface area contributed by atoms with Crippen LogP contribution in [-0.4, -0.2) is 17.0 Å². The number of nitrogens with one attached hydrogen (secondary N) is 2. The number of aromatic nitrogens is 2. The molecule has 4 nitrogen and oxygen atoms in total. The second kappa shape index (κ2) is 5.25. The number of rotatable bonds is 3. The number of anilines is 3. The molecule has 2 heterocycles. The molecule has 2 N–H and O–H groups in total. The van der Waals surface area contributed by atoms with Crippen LogP contribution in [0.1, 0.15) is 5.56 Å². The second-order valence-electron chi connectivity index (χ2n) is 4.46. The number of hydrogen-bond acceptors (Lipinski definition) is 5. The second-order valence-corrected chi connectivity index (χ2v) is 5.36. The van der Waals surface area contributed by atoms with Crippen molar-refractivity contribution >= 4 is 39.0 Å². The van der Waals surface area contributed by atoms with Crippen LogP contribution >= 0.6 is 11.3 Å². The summed E-state index contributed by atoms with van der Waals surface area (Å²) in [5.74, 6) is -0.524. The van der Waals surface area contributed by atoms with Gasteiger partial charge in [-0.15, -0.1) is 11.3 Å². The zero-order chi connectivity index (χ0) is 15.0. The average molecular weight is 306 g/mol. The van der Waals surface area contributed by atoms with Crippen LogP contribution < -0.4 is 10.6 Å². The first kappa shape index (κ1) is 13.7. The predicted octanol–water partition coefficient (Wildman–Crippen LogP) is 4.06. The Morgan fingerprint density at radius 1 is 1.14 bits per heavy atom. The molecule has 0 fully saturated rings. The van der Waals surface area contributed by atoms with Gasteiger partial charge in [-0.3, -0.25) is 0 Å². The van der Waals surface area contributed by atoms with Gasteiger partial charge in [0.05, 0.1) is 5.39 Å². The third-order valence-corrected chi connectivity index (χ3v) is 3.88. The van der Waals surface area contributed by atoms with E-state index < -0.39 is 11.6 Å². The van der Waals surface area contributed by atoms with Crippen molar-refractivity contribution in [3.8, 4) is 0 Å². The zero-order valence-corrected chi connectivity index (χ0v) is 12.2. The van der Waals surface area contributed by atoms with Crippen LogP contribution in [0, 0.1) is 18.6 Å². The molecule has 0 spiro atoms. The number of halogens is 2. The average Bonchev–Trinajstić information content (AvgIpc) is 2.95. The molecule has 0 aliphatic carbocycles. The van der Waals surface area contributed by atoms with E-state index in [0.29, 0.717) is 17.3 Å². The van der Waals surface area contributed by atoms with Crippen molar-refractivity contribution in [2.45, 2.75) is 6.92 Å². The summed E-state index contributed by atoms with van der Waals surface area (Å²) in [4.78, 5) is 9.27. The molecule has 108 valence electrons. The Labute approximate surface area is 123 Å². The first-order chi connectivity index (χ1) is 10.1. The zero-order valence-electron chi connectivity index (χ0n) is 11.4. The third kappa shape index (κ3) is 2.40. The SMILES string of the molecule is CNc1nc(Nc2c(F)ccc(C)c2F)c2ccsc2n1. The molecular weight excluding hydrogens is 294 g/mol. The quantitative estimate of drug-likeness (QED) is 0.766. The smallest absolute Gasteiger partial charge is 0.225 e. The Bertz CT molecular complexity index is 816. The van der Waals surface area contributed by atoms with Gasteiger partial charge in [-0.2, -0.15) is 4.98 Å². The van der Waals surface area contributed by atoms with Gasteiger partial charge in [0.15, 0.2) is 5.82 Å². The molecule has 2 aromatic heterocycles. The van der Waals surface area contributed by atoms with E-state index in [-0.39, 0.29) is 5.69 Å². The van der Waals surface area contributed by atoms with Crippen LogP contribution in [0.25, 0.3) is 10.2 Å². The van der Waals surface area contributed by atoms with Crippen molar-refractivity contribution < 1.29 is 8.78 Å². The standard InChI is InChI=1S/C14H12F2N4S/c1-7-3-4-9(15)11(10(7)16)18-12-8-5-6-21-13(8)20-14(17-2)19-12/h3-6H,1-2H3,(H2,17,18,19,20). The van der Waals surface area contributed by atoms with E-state index in [9.17, 15) is 8.78 Å². The molecule has 0 bridgehead atoms. The summed E-state index contributed by atoms with van der Waals surface area (Å²) in [6.07, 6.45) is 0. The van der Waals surface area contributed by atoms with Crippen LogP contribution in [0.3, 0.4) is 0 Å². The molecule has 0 atom stereocenters. The highest BCUT2D eigenvalue weighted by molar-refractivity contribution is 7.16. The summed E-state index contributed by atoms with van der Waals surface area (Å²) in [7, 11) is 1.69. The van der Waals surface area contributed by atoms with Gasteiger partial charge in [-0.25, -0.2) is 13.8 Å². The van der Waals surface area contributed by atoms with Crippen molar-refractivity contribution in [3.63, 3.8) is 0 Å². The third-order valence-electron chi connectivity index (χ3n) is 3.08. The minimum Gasteiger partial charge on any atom is -0.357 e. The van der Waals surface area contributed by atoms with Crippen LogP contribution in [-0.2, 0) is 0 Å². The van der Waals surface area contributed by atoms with Gasteiger partial charge in [0, 0.05) is 7.05 Å². The molecule has 3 aromatic rings. The van der Waals surface area contributed by atoms with E-state index in [1.807, 2.05) is 11.4 Å². The number of aryl methyl sites for hydroxylation is 1. The highest BCUT2D eigenvalue weighted by Gasteiger charge is 2.15. The molecule has 0 radical (unpaired) electrons. The Morgan fingerprint density at radius 2 is 1.95 bits per heavy atom. The fourth-order valence-corrected chi connectivity index (χ4v) is 2.72. The Morgan fingerprint density at radius 3 is 2.71 bits per heavy atom. The lowest BCUT2D eigenvalue weighted by Gasteiger charge is -2.11. The maximum atomic E-state index is 14.1. The van der Waals surface area contributed by atoms with Gasteiger partial charge in [-0.05, 0) is 30.0 Å². The molecule has 0 saturated heterocycles. The maximum absolute atomic E-state index is 14.1. The lowest BCUT2D eigenvalue weighted by atomic mass is 10.2. The molecule has 1 aromatic carbocycles. The van der Waals surface area contributed by atoms with Crippen molar-refractivity contribution in [3.05, 3.63) is 40.8 Å². The van der Waals surface area contributed by atoms with E-state index in [4.69, 9.17) is 0 Å². The van der Waals surface area contributed by atoms with Crippen molar-refractivity contribution in [1.82, 2.24) is 9.97 Å². The Balaban J connectivity index is 2.14. The van der Waals surface area contributed by atoms with Gasteiger partial charge < -0.3 is 10.6 Å². The van der Waals surface area contributed by atoms with Crippen molar-refractivity contribution in [2.75, 3.05) is 17.7 Å². The summed E-state index contributed by atoms with van der Waals surface area (Å²) < 4.78 is 28.0. The molecule has 21 heavy (non-hydrogen) atoms. The van der Waals surface area contributed by atoms with E-state index in [2.05, 4.69) is 20.6 Å². The van der Waals surface area contributed by atoms with E-state index in [0.717, 1.165) is 10.2 Å².